The van der Waals surface area contributed by atoms with Crippen LogP contribution in [0.3, 0.4) is 0 Å². The van der Waals surface area contributed by atoms with Gasteiger partial charge in [-0.15, -0.1) is 11.3 Å². The summed E-state index contributed by atoms with van der Waals surface area (Å²) in [5.74, 6) is 0.295. The molecule has 1 aromatic heterocycles. The molecule has 1 N–H and O–H groups in total. The third kappa shape index (κ3) is 4.30. The predicted octanol–water partition coefficient (Wildman–Crippen LogP) is 4.34. The first-order chi connectivity index (χ1) is 9.19. The van der Waals surface area contributed by atoms with Gasteiger partial charge in [-0.05, 0) is 51.6 Å². The van der Waals surface area contributed by atoms with Gasteiger partial charge in [-0.25, -0.2) is 4.39 Å². The largest absolute Gasteiger partial charge is 0.488 e. The molecule has 0 aliphatic rings. The molecular formula is C14H15BrFNOS. The average molecular weight is 344 g/mol. The number of nitrogens with one attached hydrogen (secondary N) is 1. The normalized spacial score (nSPS) is 10.7. The summed E-state index contributed by atoms with van der Waals surface area (Å²) in [6, 6.07) is 6.78. The van der Waals surface area contributed by atoms with Crippen molar-refractivity contribution in [2.45, 2.75) is 20.1 Å². The minimum absolute atomic E-state index is 0.268. The molecule has 0 bridgehead atoms. The fourth-order valence-electron chi connectivity index (χ4n) is 1.65. The van der Waals surface area contributed by atoms with Gasteiger partial charge in [0, 0.05) is 17.1 Å². The lowest BCUT2D eigenvalue weighted by Crippen LogP contribution is -2.12. The molecule has 0 radical (unpaired) electrons. The smallest absolute Gasteiger partial charge is 0.127 e. The highest BCUT2D eigenvalue weighted by Crippen LogP contribution is 2.25. The minimum atomic E-state index is -0.268. The van der Waals surface area contributed by atoms with Crippen LogP contribution in [-0.4, -0.2) is 6.54 Å². The Morgan fingerprint density at radius 2 is 2.21 bits per heavy atom. The Labute approximate surface area is 124 Å². The molecule has 0 spiro atoms. The lowest BCUT2D eigenvalue weighted by atomic mass is 10.2. The SMILES string of the molecule is CCNCc1cc(F)cc(OCc2sccc2Br)c1. The van der Waals surface area contributed by atoms with E-state index in [0.29, 0.717) is 18.9 Å². The second kappa shape index (κ2) is 7.03. The number of benzene rings is 1. The Kier molecular flexibility index (Phi) is 5.36. The van der Waals surface area contributed by atoms with Gasteiger partial charge in [0.15, 0.2) is 0 Å². The molecular weight excluding hydrogens is 329 g/mol. The van der Waals surface area contributed by atoms with Crippen molar-refractivity contribution >= 4 is 27.3 Å². The van der Waals surface area contributed by atoms with Crippen LogP contribution in [0.15, 0.2) is 34.1 Å². The lowest BCUT2D eigenvalue weighted by molar-refractivity contribution is 0.307. The van der Waals surface area contributed by atoms with Crippen molar-refractivity contribution in [1.29, 1.82) is 0 Å². The van der Waals surface area contributed by atoms with E-state index in [-0.39, 0.29) is 5.82 Å². The second-order valence-corrected chi connectivity index (χ2v) is 5.91. The van der Waals surface area contributed by atoms with E-state index in [0.717, 1.165) is 21.5 Å². The maximum atomic E-state index is 13.5. The number of hydrogen-bond acceptors (Lipinski definition) is 3. The van der Waals surface area contributed by atoms with E-state index in [2.05, 4.69) is 21.2 Å². The van der Waals surface area contributed by atoms with Crippen LogP contribution in [0.5, 0.6) is 5.75 Å². The monoisotopic (exact) mass is 343 g/mol. The quantitative estimate of drug-likeness (QED) is 0.842. The number of thiophene rings is 1. The molecule has 19 heavy (non-hydrogen) atoms. The van der Waals surface area contributed by atoms with Crippen LogP contribution in [0.2, 0.25) is 0 Å². The number of hydrogen-bond donors (Lipinski definition) is 1. The van der Waals surface area contributed by atoms with Crippen molar-refractivity contribution in [3.8, 4) is 5.75 Å². The molecule has 2 nitrogen and oxygen atoms in total. The van der Waals surface area contributed by atoms with E-state index in [1.54, 1.807) is 11.3 Å². The molecule has 2 rings (SSSR count). The van der Waals surface area contributed by atoms with Crippen molar-refractivity contribution in [2.24, 2.45) is 0 Å². The fourth-order valence-corrected chi connectivity index (χ4v) is 3.03. The van der Waals surface area contributed by atoms with Crippen molar-refractivity contribution in [3.05, 3.63) is 50.4 Å². The molecule has 0 saturated carbocycles. The number of ether oxygens (including phenoxy) is 1. The maximum absolute atomic E-state index is 13.5. The maximum Gasteiger partial charge on any atom is 0.127 e. The molecule has 0 aliphatic heterocycles. The Hall–Kier alpha value is -0.910. The summed E-state index contributed by atoms with van der Waals surface area (Å²) in [5.41, 5.74) is 0.891. The molecule has 5 heteroatoms. The highest BCUT2D eigenvalue weighted by molar-refractivity contribution is 9.10. The van der Waals surface area contributed by atoms with E-state index in [1.165, 1.54) is 12.1 Å². The molecule has 0 saturated heterocycles. The first-order valence-corrected chi connectivity index (χ1v) is 7.71. The molecule has 1 aromatic carbocycles. The molecule has 102 valence electrons. The Morgan fingerprint density at radius 3 is 2.89 bits per heavy atom. The first-order valence-electron chi connectivity index (χ1n) is 6.04. The summed E-state index contributed by atoms with van der Waals surface area (Å²) in [6.45, 7) is 3.97. The van der Waals surface area contributed by atoms with Crippen molar-refractivity contribution in [3.63, 3.8) is 0 Å². The third-order valence-electron chi connectivity index (χ3n) is 2.57. The van der Waals surface area contributed by atoms with E-state index in [4.69, 9.17) is 4.74 Å². The first kappa shape index (κ1) is 14.5. The molecule has 0 amide bonds. The van der Waals surface area contributed by atoms with Crippen LogP contribution < -0.4 is 10.1 Å². The topological polar surface area (TPSA) is 21.3 Å². The zero-order valence-corrected chi connectivity index (χ0v) is 13.0. The summed E-state index contributed by atoms with van der Waals surface area (Å²) in [6.07, 6.45) is 0. The van der Waals surface area contributed by atoms with Gasteiger partial charge < -0.3 is 10.1 Å². The van der Waals surface area contributed by atoms with Gasteiger partial charge in [0.2, 0.25) is 0 Å². The van der Waals surface area contributed by atoms with Crippen LogP contribution in [0.1, 0.15) is 17.4 Å². The van der Waals surface area contributed by atoms with Crippen molar-refractivity contribution < 1.29 is 9.13 Å². The van der Waals surface area contributed by atoms with Crippen LogP contribution in [0.4, 0.5) is 4.39 Å². The zero-order chi connectivity index (χ0) is 13.7. The molecule has 0 aliphatic carbocycles. The Bertz CT molecular complexity index is 544. The van der Waals surface area contributed by atoms with Gasteiger partial charge >= 0.3 is 0 Å². The molecule has 0 unspecified atom stereocenters. The van der Waals surface area contributed by atoms with Gasteiger partial charge in [-0.2, -0.15) is 0 Å². The number of halogens is 2. The summed E-state index contributed by atoms with van der Waals surface area (Å²) >= 11 is 5.06. The molecule has 0 atom stereocenters. The van der Waals surface area contributed by atoms with Crippen LogP contribution in [-0.2, 0) is 13.2 Å². The Balaban J connectivity index is 2.03. The molecule has 0 fully saturated rings. The van der Waals surface area contributed by atoms with E-state index in [9.17, 15) is 4.39 Å². The third-order valence-corrected chi connectivity index (χ3v) is 4.47. The van der Waals surface area contributed by atoms with E-state index < -0.39 is 0 Å². The summed E-state index contributed by atoms with van der Waals surface area (Å²) in [7, 11) is 0. The molecule has 2 aromatic rings. The van der Waals surface area contributed by atoms with Gasteiger partial charge in [0.25, 0.3) is 0 Å². The van der Waals surface area contributed by atoms with Crippen molar-refractivity contribution in [2.75, 3.05) is 6.54 Å². The van der Waals surface area contributed by atoms with Gasteiger partial charge in [-0.3, -0.25) is 0 Å². The average Bonchev–Trinajstić information content (AvgIpc) is 2.79. The summed E-state index contributed by atoms with van der Waals surface area (Å²) in [5, 5.41) is 5.16. The predicted molar refractivity (Wildman–Crippen MR) is 80.1 cm³/mol. The van der Waals surface area contributed by atoms with Gasteiger partial charge in [-0.1, -0.05) is 6.92 Å². The van der Waals surface area contributed by atoms with Gasteiger partial charge in [0.1, 0.15) is 18.2 Å². The van der Waals surface area contributed by atoms with E-state index >= 15 is 0 Å². The highest BCUT2D eigenvalue weighted by atomic mass is 79.9. The van der Waals surface area contributed by atoms with Crippen LogP contribution in [0.25, 0.3) is 0 Å². The lowest BCUT2D eigenvalue weighted by Gasteiger charge is -2.08. The van der Waals surface area contributed by atoms with Gasteiger partial charge in [0.05, 0.1) is 4.88 Å². The zero-order valence-electron chi connectivity index (χ0n) is 10.6. The fraction of sp³-hybridized carbons (Fsp3) is 0.286. The number of rotatable bonds is 6. The van der Waals surface area contributed by atoms with Crippen LogP contribution in [0, 0.1) is 5.82 Å². The minimum Gasteiger partial charge on any atom is -0.488 e. The van der Waals surface area contributed by atoms with Crippen molar-refractivity contribution in [1.82, 2.24) is 5.32 Å². The molecule has 1 heterocycles. The summed E-state index contributed by atoms with van der Waals surface area (Å²) < 4.78 is 20.2. The highest BCUT2D eigenvalue weighted by Gasteiger charge is 2.05. The van der Waals surface area contributed by atoms with Crippen LogP contribution >= 0.6 is 27.3 Å². The van der Waals surface area contributed by atoms with E-state index in [1.807, 2.05) is 24.4 Å². The second-order valence-electron chi connectivity index (χ2n) is 4.06. The Morgan fingerprint density at radius 1 is 1.37 bits per heavy atom. The standard InChI is InChI=1S/C14H15BrFNOS/c1-2-17-8-10-5-11(16)7-12(6-10)18-9-14-13(15)3-4-19-14/h3-7,17H,2,8-9H2,1H3. The summed E-state index contributed by atoms with van der Waals surface area (Å²) in [4.78, 5) is 1.09.